The zero-order chi connectivity index (χ0) is 19.6. The van der Waals surface area contributed by atoms with E-state index in [9.17, 15) is 14.0 Å². The summed E-state index contributed by atoms with van der Waals surface area (Å²) in [5.41, 5.74) is 1.35. The fraction of sp³-hybridized carbons (Fsp3) is 0.364. The number of cyclic esters (lactones) is 1. The Kier molecular flexibility index (Phi) is 5.03. The number of piperidine rings is 1. The SMILES string of the molecule is O=C1OCC2(CCN(C(=O)C[C@H](c3ccccc3)c3ccc(F)cc3)CC2)O1. The van der Waals surface area contributed by atoms with Crippen LogP contribution in [0, 0.1) is 5.82 Å². The minimum absolute atomic E-state index is 0.0401. The van der Waals surface area contributed by atoms with Gasteiger partial charge in [0.1, 0.15) is 12.4 Å². The van der Waals surface area contributed by atoms with Crippen LogP contribution in [0.2, 0.25) is 0 Å². The van der Waals surface area contributed by atoms with Gasteiger partial charge in [-0.2, -0.15) is 0 Å². The first-order valence-corrected chi connectivity index (χ1v) is 9.49. The molecule has 4 rings (SSSR count). The van der Waals surface area contributed by atoms with E-state index in [0.29, 0.717) is 32.4 Å². The number of carbonyl (C=O) groups is 2. The second-order valence-corrected chi connectivity index (χ2v) is 7.42. The van der Waals surface area contributed by atoms with Gasteiger partial charge in [0.2, 0.25) is 5.91 Å². The fourth-order valence-electron chi connectivity index (χ4n) is 3.95. The third-order valence-corrected chi connectivity index (χ3v) is 5.63. The summed E-state index contributed by atoms with van der Waals surface area (Å²) in [7, 11) is 0. The zero-order valence-electron chi connectivity index (χ0n) is 15.5. The second kappa shape index (κ2) is 7.62. The number of hydrogen-bond acceptors (Lipinski definition) is 4. The number of halogens is 1. The molecule has 28 heavy (non-hydrogen) atoms. The molecule has 146 valence electrons. The monoisotopic (exact) mass is 383 g/mol. The minimum atomic E-state index is -0.625. The third kappa shape index (κ3) is 3.86. The quantitative estimate of drug-likeness (QED) is 0.752. The highest BCUT2D eigenvalue weighted by molar-refractivity contribution is 5.78. The molecule has 2 fully saturated rings. The molecule has 2 aliphatic heterocycles. The lowest BCUT2D eigenvalue weighted by atomic mass is 9.87. The van der Waals surface area contributed by atoms with Crippen LogP contribution < -0.4 is 0 Å². The van der Waals surface area contributed by atoms with Gasteiger partial charge in [-0.1, -0.05) is 42.5 Å². The van der Waals surface area contributed by atoms with E-state index in [1.54, 1.807) is 12.1 Å². The molecule has 2 heterocycles. The van der Waals surface area contributed by atoms with Gasteiger partial charge in [-0.3, -0.25) is 4.79 Å². The maximum absolute atomic E-state index is 13.4. The molecule has 0 N–H and O–H groups in total. The van der Waals surface area contributed by atoms with Crippen molar-refractivity contribution in [3.63, 3.8) is 0 Å². The molecule has 2 aliphatic rings. The van der Waals surface area contributed by atoms with Crippen LogP contribution in [0.5, 0.6) is 0 Å². The average molecular weight is 383 g/mol. The Morgan fingerprint density at radius 3 is 2.29 bits per heavy atom. The van der Waals surface area contributed by atoms with Crippen molar-refractivity contribution >= 4 is 12.1 Å². The highest BCUT2D eigenvalue weighted by Gasteiger charge is 2.45. The molecule has 1 atom stereocenters. The standard InChI is InChI=1S/C22H22FNO4/c23-18-8-6-17(7-9-18)19(16-4-2-1-3-5-16)14-20(25)24-12-10-22(11-13-24)15-27-21(26)28-22/h1-9,19H,10-15H2/t19-/m1/s1. The number of ether oxygens (including phenoxy) is 2. The molecule has 0 saturated carbocycles. The molecule has 0 aliphatic carbocycles. The number of rotatable bonds is 4. The van der Waals surface area contributed by atoms with Crippen molar-refractivity contribution in [2.75, 3.05) is 19.7 Å². The number of nitrogens with zero attached hydrogens (tertiary/aromatic N) is 1. The van der Waals surface area contributed by atoms with Crippen molar-refractivity contribution in [3.8, 4) is 0 Å². The van der Waals surface area contributed by atoms with Gasteiger partial charge in [0.15, 0.2) is 5.60 Å². The molecule has 1 spiro atoms. The lowest BCUT2D eigenvalue weighted by Gasteiger charge is -2.36. The number of likely N-dealkylation sites (tertiary alicyclic amines) is 1. The summed E-state index contributed by atoms with van der Waals surface area (Å²) in [4.78, 5) is 26.1. The molecule has 0 bridgehead atoms. The van der Waals surface area contributed by atoms with Crippen molar-refractivity contribution in [2.45, 2.75) is 30.8 Å². The first-order valence-electron chi connectivity index (χ1n) is 9.49. The molecule has 0 unspecified atom stereocenters. The van der Waals surface area contributed by atoms with E-state index < -0.39 is 11.8 Å². The molecule has 1 amide bonds. The topological polar surface area (TPSA) is 55.8 Å². The van der Waals surface area contributed by atoms with Gasteiger partial charge in [0, 0.05) is 38.3 Å². The van der Waals surface area contributed by atoms with Crippen molar-refractivity contribution in [2.24, 2.45) is 0 Å². The Bertz CT molecular complexity index is 845. The van der Waals surface area contributed by atoms with E-state index in [2.05, 4.69) is 0 Å². The highest BCUT2D eigenvalue weighted by Crippen LogP contribution is 2.33. The summed E-state index contributed by atoms with van der Waals surface area (Å²) in [6, 6.07) is 16.1. The van der Waals surface area contributed by atoms with Crippen LogP contribution in [-0.2, 0) is 14.3 Å². The number of hydrogen-bond donors (Lipinski definition) is 0. The molecule has 5 nitrogen and oxygen atoms in total. The first kappa shape index (κ1) is 18.5. The molecule has 2 aromatic rings. The normalized spacial score (nSPS) is 19.2. The van der Waals surface area contributed by atoms with Gasteiger partial charge in [0.25, 0.3) is 0 Å². The van der Waals surface area contributed by atoms with Gasteiger partial charge >= 0.3 is 6.16 Å². The average Bonchev–Trinajstić information content (AvgIpc) is 3.08. The lowest BCUT2D eigenvalue weighted by Crippen LogP contribution is -2.48. The van der Waals surface area contributed by atoms with Crippen LogP contribution in [-0.4, -0.2) is 42.3 Å². The van der Waals surface area contributed by atoms with Gasteiger partial charge in [-0.15, -0.1) is 0 Å². The fourth-order valence-corrected chi connectivity index (χ4v) is 3.95. The van der Waals surface area contributed by atoms with Gasteiger partial charge in [-0.25, -0.2) is 9.18 Å². The Morgan fingerprint density at radius 1 is 1.04 bits per heavy atom. The molecule has 0 aromatic heterocycles. The maximum Gasteiger partial charge on any atom is 0.509 e. The van der Waals surface area contributed by atoms with Gasteiger partial charge in [-0.05, 0) is 23.3 Å². The Balaban J connectivity index is 1.47. The summed E-state index contributed by atoms with van der Waals surface area (Å²) < 4.78 is 23.6. The third-order valence-electron chi connectivity index (χ3n) is 5.63. The summed E-state index contributed by atoms with van der Waals surface area (Å²) in [6.45, 7) is 1.32. The van der Waals surface area contributed by atoms with Crippen molar-refractivity contribution in [3.05, 3.63) is 71.5 Å². The van der Waals surface area contributed by atoms with E-state index in [4.69, 9.17) is 9.47 Å². The van der Waals surface area contributed by atoms with Gasteiger partial charge < -0.3 is 14.4 Å². The van der Waals surface area contributed by atoms with Crippen molar-refractivity contribution in [1.29, 1.82) is 0 Å². The van der Waals surface area contributed by atoms with Crippen LogP contribution in [0.15, 0.2) is 54.6 Å². The van der Waals surface area contributed by atoms with Crippen LogP contribution >= 0.6 is 0 Å². The Labute approximate surface area is 163 Å². The smallest absolute Gasteiger partial charge is 0.430 e. The first-order chi connectivity index (χ1) is 13.5. The molecular formula is C22H22FNO4. The second-order valence-electron chi connectivity index (χ2n) is 7.42. The molecule has 2 saturated heterocycles. The number of amides is 1. The van der Waals surface area contributed by atoms with E-state index in [1.807, 2.05) is 35.2 Å². The summed E-state index contributed by atoms with van der Waals surface area (Å²) in [5.74, 6) is -0.396. The Hall–Kier alpha value is -2.89. The van der Waals surface area contributed by atoms with E-state index in [-0.39, 0.29) is 24.2 Å². The molecule has 2 aromatic carbocycles. The maximum atomic E-state index is 13.4. The lowest BCUT2D eigenvalue weighted by molar-refractivity contribution is -0.134. The molecular weight excluding hydrogens is 361 g/mol. The van der Waals surface area contributed by atoms with E-state index in [0.717, 1.165) is 11.1 Å². The number of benzene rings is 2. The number of carbonyl (C=O) groups excluding carboxylic acids is 2. The predicted molar refractivity (Wildman–Crippen MR) is 100 cm³/mol. The van der Waals surface area contributed by atoms with E-state index in [1.165, 1.54) is 12.1 Å². The van der Waals surface area contributed by atoms with Gasteiger partial charge in [0.05, 0.1) is 0 Å². The van der Waals surface area contributed by atoms with E-state index >= 15 is 0 Å². The minimum Gasteiger partial charge on any atom is -0.430 e. The largest absolute Gasteiger partial charge is 0.509 e. The van der Waals surface area contributed by atoms with Crippen molar-refractivity contribution in [1.82, 2.24) is 4.90 Å². The van der Waals surface area contributed by atoms with Crippen LogP contribution in [0.3, 0.4) is 0 Å². The summed E-state index contributed by atoms with van der Waals surface area (Å²) in [6.07, 6.45) is 0.840. The highest BCUT2D eigenvalue weighted by atomic mass is 19.1. The molecule has 0 radical (unpaired) electrons. The van der Waals surface area contributed by atoms with Crippen LogP contribution in [0.4, 0.5) is 9.18 Å². The van der Waals surface area contributed by atoms with Crippen LogP contribution in [0.1, 0.15) is 36.3 Å². The Morgan fingerprint density at radius 2 is 1.68 bits per heavy atom. The predicted octanol–water partition coefficient (Wildman–Crippen LogP) is 3.88. The van der Waals surface area contributed by atoms with Crippen LogP contribution in [0.25, 0.3) is 0 Å². The summed E-state index contributed by atoms with van der Waals surface area (Å²) >= 11 is 0. The summed E-state index contributed by atoms with van der Waals surface area (Å²) in [5, 5.41) is 0. The van der Waals surface area contributed by atoms with Crippen molar-refractivity contribution < 1.29 is 23.5 Å². The molecule has 6 heteroatoms. The zero-order valence-corrected chi connectivity index (χ0v) is 15.5.